The monoisotopic (exact) mass is 645 g/mol. The third-order valence-corrected chi connectivity index (χ3v) is 13.2. The van der Waals surface area contributed by atoms with Gasteiger partial charge in [0.1, 0.15) is 0 Å². The maximum Gasteiger partial charge on any atom is 0.0544 e. The summed E-state index contributed by atoms with van der Waals surface area (Å²) in [5.41, 5.74) is 12.2. The molecule has 4 aliphatic rings. The van der Waals surface area contributed by atoms with Crippen LogP contribution in [0.15, 0.2) is 146 Å². The Morgan fingerprint density at radius 2 is 1.39 bits per heavy atom. The van der Waals surface area contributed by atoms with Gasteiger partial charge in [0.15, 0.2) is 0 Å². The summed E-state index contributed by atoms with van der Waals surface area (Å²) in [6.45, 7) is 4.88. The van der Waals surface area contributed by atoms with Gasteiger partial charge in [-0.25, -0.2) is 0 Å². The first-order valence-electron chi connectivity index (χ1n) is 17.6. The number of rotatable bonds is 2. The molecule has 0 fully saturated rings. The van der Waals surface area contributed by atoms with E-state index < -0.39 is 0 Å². The summed E-state index contributed by atoms with van der Waals surface area (Å²) in [6.07, 6.45) is 23.3. The van der Waals surface area contributed by atoms with E-state index in [0.717, 1.165) is 0 Å². The maximum atomic E-state index is 2.57. The van der Waals surface area contributed by atoms with Gasteiger partial charge in [-0.2, -0.15) is 0 Å². The molecule has 2 aromatic heterocycles. The molecule has 0 radical (unpaired) electrons. The van der Waals surface area contributed by atoms with Crippen LogP contribution in [0.25, 0.3) is 64.9 Å². The Labute approximate surface area is 290 Å². The molecule has 11 rings (SSSR count). The lowest BCUT2D eigenvalue weighted by molar-refractivity contribution is 0.394. The molecule has 0 saturated carbocycles. The van der Waals surface area contributed by atoms with E-state index in [9.17, 15) is 0 Å². The van der Waals surface area contributed by atoms with Crippen LogP contribution in [0.4, 0.5) is 0 Å². The van der Waals surface area contributed by atoms with E-state index in [1.54, 1.807) is 0 Å². The molecule has 4 unspecified atom stereocenters. The van der Waals surface area contributed by atoms with E-state index in [0.29, 0.717) is 23.7 Å². The van der Waals surface area contributed by atoms with Crippen LogP contribution in [-0.4, -0.2) is 4.57 Å². The summed E-state index contributed by atoms with van der Waals surface area (Å²) in [5, 5.41) is 5.47. The summed E-state index contributed by atoms with van der Waals surface area (Å²) in [4.78, 5) is 0. The average Bonchev–Trinajstić information content (AvgIpc) is 3.76. The topological polar surface area (TPSA) is 4.93 Å². The zero-order valence-corrected chi connectivity index (χ0v) is 28.4. The molecule has 1 nitrogen and oxygen atoms in total. The molecule has 2 heteroatoms. The molecule has 0 N–H and O–H groups in total. The van der Waals surface area contributed by atoms with Crippen LogP contribution in [0.2, 0.25) is 0 Å². The number of fused-ring (bicyclic) bond motifs is 13. The van der Waals surface area contributed by atoms with Crippen molar-refractivity contribution >= 4 is 59.4 Å². The van der Waals surface area contributed by atoms with E-state index >= 15 is 0 Å². The third-order valence-electron chi connectivity index (χ3n) is 12.0. The number of allylic oxidation sites excluding steroid dienone is 9. The second-order valence-corrected chi connectivity index (χ2v) is 16.0. The largest absolute Gasteiger partial charge is 0.309 e. The fourth-order valence-electron chi connectivity index (χ4n) is 9.62. The number of thiophene rings is 1. The summed E-state index contributed by atoms with van der Waals surface area (Å²) >= 11 is 1.88. The van der Waals surface area contributed by atoms with Gasteiger partial charge in [0, 0.05) is 54.4 Å². The van der Waals surface area contributed by atoms with Crippen molar-refractivity contribution in [2.75, 3.05) is 0 Å². The molecule has 4 atom stereocenters. The van der Waals surface area contributed by atoms with Gasteiger partial charge in [0.25, 0.3) is 0 Å². The molecule has 0 saturated heterocycles. The van der Waals surface area contributed by atoms with Gasteiger partial charge in [-0.1, -0.05) is 117 Å². The van der Waals surface area contributed by atoms with Crippen molar-refractivity contribution in [3.63, 3.8) is 0 Å². The highest BCUT2D eigenvalue weighted by Crippen LogP contribution is 2.55. The summed E-state index contributed by atoms with van der Waals surface area (Å²) in [5.74, 6) is 1.62. The second kappa shape index (κ2) is 9.94. The molecular formula is C47H35NS. The van der Waals surface area contributed by atoms with Crippen molar-refractivity contribution in [2.24, 2.45) is 11.8 Å². The lowest BCUT2D eigenvalue weighted by atomic mass is 9.74. The quantitative estimate of drug-likeness (QED) is 0.176. The zero-order valence-electron chi connectivity index (χ0n) is 27.6. The van der Waals surface area contributed by atoms with Gasteiger partial charge < -0.3 is 4.57 Å². The highest BCUT2D eigenvalue weighted by Gasteiger charge is 2.45. The Kier molecular flexibility index (Phi) is 5.62. The van der Waals surface area contributed by atoms with Crippen LogP contribution in [0, 0.1) is 11.8 Å². The molecule has 234 valence electrons. The van der Waals surface area contributed by atoms with Crippen LogP contribution in [-0.2, 0) is 5.41 Å². The second-order valence-electron chi connectivity index (χ2n) is 14.9. The highest BCUT2D eigenvalue weighted by molar-refractivity contribution is 7.25. The van der Waals surface area contributed by atoms with E-state index in [1.807, 2.05) is 11.3 Å². The normalized spacial score (nSPS) is 22.7. The fourth-order valence-corrected chi connectivity index (χ4v) is 10.7. The van der Waals surface area contributed by atoms with Gasteiger partial charge in [0.2, 0.25) is 0 Å². The lowest BCUT2D eigenvalue weighted by Crippen LogP contribution is -2.24. The van der Waals surface area contributed by atoms with Crippen LogP contribution >= 0.6 is 11.3 Å². The standard InChI is InChI=1S/C47H35NS/c1-47(2)39-13-7-5-11-34(39)36-26-38-42(27-40(36)47)48(41-23-19-30-16-15-29-9-3-4-10-33(29)45(30)46(38)41)32-21-17-28(18-22-32)31-20-24-44-37(25-31)35-12-6-8-14-43(35)49-44/h3-27,29,33-34,39H,1-2H3. The molecule has 2 heterocycles. The number of hydrogen-bond donors (Lipinski definition) is 0. The molecule has 0 amide bonds. The maximum absolute atomic E-state index is 2.57. The molecule has 4 aliphatic carbocycles. The molecule has 0 spiro atoms. The fraction of sp³-hybridized carbons (Fsp3) is 0.149. The summed E-state index contributed by atoms with van der Waals surface area (Å²) in [7, 11) is 0. The van der Waals surface area contributed by atoms with Crippen molar-refractivity contribution in [2.45, 2.75) is 31.1 Å². The van der Waals surface area contributed by atoms with Crippen LogP contribution in [0.3, 0.4) is 0 Å². The number of nitrogens with zero attached hydrogens (tertiary/aromatic N) is 1. The van der Waals surface area contributed by atoms with Crippen molar-refractivity contribution in [3.05, 3.63) is 168 Å². The minimum absolute atomic E-state index is 0.0508. The first-order chi connectivity index (χ1) is 24.0. The van der Waals surface area contributed by atoms with Gasteiger partial charge in [0.05, 0.1) is 11.0 Å². The highest BCUT2D eigenvalue weighted by atomic mass is 32.1. The summed E-state index contributed by atoms with van der Waals surface area (Å²) in [6, 6.07) is 34.8. The van der Waals surface area contributed by atoms with Gasteiger partial charge in [-0.3, -0.25) is 0 Å². The van der Waals surface area contributed by atoms with Crippen LogP contribution in [0.5, 0.6) is 0 Å². The van der Waals surface area contributed by atoms with Crippen molar-refractivity contribution in [1.29, 1.82) is 0 Å². The van der Waals surface area contributed by atoms with E-state index in [1.165, 1.54) is 81.0 Å². The SMILES string of the molecule is CC1(C)c2cc3c(cc2C2C=CC=CC21)c1c2c(ccc1n3-c1ccc(-c3ccc4sc5ccccc5c4c3)cc1)C=CC1C=CC=CC21. The van der Waals surface area contributed by atoms with E-state index in [-0.39, 0.29) is 5.41 Å². The molecule has 7 aromatic rings. The predicted molar refractivity (Wildman–Crippen MR) is 210 cm³/mol. The smallest absolute Gasteiger partial charge is 0.0544 e. The lowest BCUT2D eigenvalue weighted by Gasteiger charge is -2.29. The Morgan fingerprint density at radius 3 is 2.29 bits per heavy atom. The predicted octanol–water partition coefficient (Wildman–Crippen LogP) is 12.8. The minimum atomic E-state index is 0.0508. The average molecular weight is 646 g/mol. The van der Waals surface area contributed by atoms with E-state index in [4.69, 9.17) is 0 Å². The first kappa shape index (κ1) is 27.7. The number of hydrogen-bond acceptors (Lipinski definition) is 1. The van der Waals surface area contributed by atoms with Crippen molar-refractivity contribution in [3.8, 4) is 16.8 Å². The summed E-state index contributed by atoms with van der Waals surface area (Å²) < 4.78 is 5.24. The van der Waals surface area contributed by atoms with Crippen LogP contribution < -0.4 is 0 Å². The Bertz CT molecular complexity index is 2700. The van der Waals surface area contributed by atoms with Crippen molar-refractivity contribution in [1.82, 2.24) is 4.57 Å². The van der Waals surface area contributed by atoms with Crippen molar-refractivity contribution < 1.29 is 0 Å². The number of benzene rings is 5. The van der Waals surface area contributed by atoms with Crippen LogP contribution in [0.1, 0.15) is 47.9 Å². The molecule has 49 heavy (non-hydrogen) atoms. The molecular weight excluding hydrogens is 611 g/mol. The zero-order chi connectivity index (χ0) is 32.4. The minimum Gasteiger partial charge on any atom is -0.309 e. The Balaban J connectivity index is 1.14. The number of aromatic nitrogens is 1. The molecule has 5 aromatic carbocycles. The molecule has 0 aliphatic heterocycles. The molecule has 0 bridgehead atoms. The van der Waals surface area contributed by atoms with Gasteiger partial charge >= 0.3 is 0 Å². The van der Waals surface area contributed by atoms with Gasteiger partial charge in [-0.05, 0) is 93.2 Å². The Morgan fingerprint density at radius 1 is 0.612 bits per heavy atom. The van der Waals surface area contributed by atoms with E-state index in [2.05, 4.69) is 170 Å². The Hall–Kier alpha value is -5.18. The third kappa shape index (κ3) is 3.81. The van der Waals surface area contributed by atoms with Gasteiger partial charge in [-0.15, -0.1) is 11.3 Å². The first-order valence-corrected chi connectivity index (χ1v) is 18.4.